The molecule has 0 spiro atoms. The Hall–Kier alpha value is -0.860. The Balaban J connectivity index is 1.64. The van der Waals surface area contributed by atoms with Gasteiger partial charge in [0.1, 0.15) is 0 Å². The first-order valence-corrected chi connectivity index (χ1v) is 8.29. The van der Waals surface area contributed by atoms with Crippen LogP contribution in [0.5, 0.6) is 0 Å². The molecule has 2 rings (SSSR count). The van der Waals surface area contributed by atoms with Gasteiger partial charge in [0.15, 0.2) is 0 Å². The van der Waals surface area contributed by atoms with Crippen LogP contribution in [0.3, 0.4) is 0 Å². The molecule has 1 fully saturated rings. The zero-order valence-corrected chi connectivity index (χ0v) is 13.1. The fraction of sp³-hybridized carbons (Fsp3) is 0.667. The Morgan fingerprint density at radius 3 is 2.80 bits per heavy atom. The quantitative estimate of drug-likeness (QED) is 0.767. The molecule has 2 unspecified atom stereocenters. The molecule has 0 aliphatic carbocycles. The van der Waals surface area contributed by atoms with Crippen LogP contribution in [0.2, 0.25) is 0 Å². The van der Waals surface area contributed by atoms with Gasteiger partial charge in [-0.3, -0.25) is 0 Å². The second-order valence-corrected chi connectivity index (χ2v) is 6.19. The lowest BCUT2D eigenvalue weighted by Gasteiger charge is -2.36. The van der Waals surface area contributed by atoms with Crippen molar-refractivity contribution < 1.29 is 0 Å². The third-order valence-electron chi connectivity index (χ3n) is 4.65. The summed E-state index contributed by atoms with van der Waals surface area (Å²) in [4.78, 5) is 2.65. The maximum Gasteiger partial charge on any atom is 0.0221 e. The molecule has 20 heavy (non-hydrogen) atoms. The topological polar surface area (TPSA) is 15.3 Å². The van der Waals surface area contributed by atoms with Crippen molar-refractivity contribution in [2.75, 3.05) is 26.2 Å². The van der Waals surface area contributed by atoms with E-state index in [4.69, 9.17) is 0 Å². The fourth-order valence-corrected chi connectivity index (χ4v) is 3.02. The van der Waals surface area contributed by atoms with E-state index in [0.29, 0.717) is 6.04 Å². The number of benzene rings is 1. The lowest BCUT2D eigenvalue weighted by Crippen LogP contribution is -2.53. The van der Waals surface area contributed by atoms with Crippen molar-refractivity contribution in [1.82, 2.24) is 10.2 Å². The van der Waals surface area contributed by atoms with Crippen LogP contribution in [-0.2, 0) is 6.42 Å². The van der Waals surface area contributed by atoms with Crippen LogP contribution in [-0.4, -0.2) is 37.1 Å². The lowest BCUT2D eigenvalue weighted by atomic mass is 9.97. The lowest BCUT2D eigenvalue weighted by molar-refractivity contribution is 0.166. The molecule has 0 saturated carbocycles. The van der Waals surface area contributed by atoms with Crippen molar-refractivity contribution in [3.05, 3.63) is 35.9 Å². The molecule has 1 N–H and O–H groups in total. The molecule has 0 amide bonds. The Morgan fingerprint density at radius 1 is 1.25 bits per heavy atom. The summed E-state index contributed by atoms with van der Waals surface area (Å²) in [7, 11) is 0. The normalized spacial score (nSPS) is 21.8. The molecule has 1 aliphatic rings. The highest BCUT2D eigenvalue weighted by Crippen LogP contribution is 2.13. The summed E-state index contributed by atoms with van der Waals surface area (Å²) >= 11 is 0. The first-order chi connectivity index (χ1) is 9.79. The molecule has 0 radical (unpaired) electrons. The predicted octanol–water partition coefficient (Wildman–Crippen LogP) is 3.33. The molecular weight excluding hydrogens is 244 g/mol. The number of aryl methyl sites for hydroxylation is 1. The minimum absolute atomic E-state index is 0.697. The van der Waals surface area contributed by atoms with Crippen LogP contribution in [0.4, 0.5) is 0 Å². The van der Waals surface area contributed by atoms with E-state index in [9.17, 15) is 0 Å². The summed E-state index contributed by atoms with van der Waals surface area (Å²) in [5.41, 5.74) is 1.48. The summed E-state index contributed by atoms with van der Waals surface area (Å²) in [6.07, 6.45) is 5.13. The van der Waals surface area contributed by atoms with Crippen LogP contribution < -0.4 is 5.32 Å². The van der Waals surface area contributed by atoms with Crippen molar-refractivity contribution in [3.8, 4) is 0 Å². The van der Waals surface area contributed by atoms with Gasteiger partial charge in [0.25, 0.3) is 0 Å². The van der Waals surface area contributed by atoms with Crippen molar-refractivity contribution in [2.24, 2.45) is 5.92 Å². The van der Waals surface area contributed by atoms with Crippen molar-refractivity contribution in [2.45, 2.75) is 45.6 Å². The second-order valence-electron chi connectivity index (χ2n) is 6.19. The number of rotatable bonds is 7. The number of nitrogens with one attached hydrogen (secondary N) is 1. The molecule has 112 valence electrons. The minimum Gasteiger partial charge on any atom is -0.311 e. The summed E-state index contributed by atoms with van der Waals surface area (Å²) in [5.74, 6) is 0.794. The third-order valence-corrected chi connectivity index (χ3v) is 4.65. The molecule has 1 heterocycles. The third kappa shape index (κ3) is 4.92. The maximum atomic E-state index is 3.67. The highest BCUT2D eigenvalue weighted by molar-refractivity contribution is 5.14. The molecule has 2 atom stereocenters. The molecule has 1 aromatic rings. The van der Waals surface area contributed by atoms with E-state index in [1.54, 1.807) is 0 Å². The monoisotopic (exact) mass is 274 g/mol. The van der Waals surface area contributed by atoms with Crippen LogP contribution in [0.1, 0.15) is 38.7 Å². The summed E-state index contributed by atoms with van der Waals surface area (Å²) < 4.78 is 0. The van der Waals surface area contributed by atoms with Crippen LogP contribution in [0.15, 0.2) is 30.3 Å². The Morgan fingerprint density at radius 2 is 2.05 bits per heavy atom. The predicted molar refractivity (Wildman–Crippen MR) is 87.1 cm³/mol. The summed E-state index contributed by atoms with van der Waals surface area (Å²) in [6.45, 7) is 9.55. The van der Waals surface area contributed by atoms with E-state index in [1.165, 1.54) is 50.9 Å². The van der Waals surface area contributed by atoms with Crippen LogP contribution >= 0.6 is 0 Å². The minimum atomic E-state index is 0.697. The van der Waals surface area contributed by atoms with Gasteiger partial charge in [-0.25, -0.2) is 0 Å². The van der Waals surface area contributed by atoms with Crippen molar-refractivity contribution in [1.29, 1.82) is 0 Å². The van der Waals surface area contributed by atoms with E-state index < -0.39 is 0 Å². The van der Waals surface area contributed by atoms with Crippen molar-refractivity contribution >= 4 is 0 Å². The molecule has 1 saturated heterocycles. The van der Waals surface area contributed by atoms with E-state index in [2.05, 4.69) is 54.4 Å². The molecule has 1 aromatic carbocycles. The maximum absolute atomic E-state index is 3.67. The molecule has 0 bridgehead atoms. The summed E-state index contributed by atoms with van der Waals surface area (Å²) in [5, 5.41) is 3.67. The van der Waals surface area contributed by atoms with E-state index in [-0.39, 0.29) is 0 Å². The number of hydrogen-bond donors (Lipinski definition) is 1. The molecular formula is C18H30N2. The Kier molecular flexibility index (Phi) is 6.55. The Labute approximate surface area is 124 Å². The van der Waals surface area contributed by atoms with Gasteiger partial charge < -0.3 is 10.2 Å². The van der Waals surface area contributed by atoms with Crippen LogP contribution in [0, 0.1) is 5.92 Å². The largest absolute Gasteiger partial charge is 0.311 e. The van der Waals surface area contributed by atoms with Gasteiger partial charge in [0, 0.05) is 25.7 Å². The van der Waals surface area contributed by atoms with Gasteiger partial charge >= 0.3 is 0 Å². The van der Waals surface area contributed by atoms with Gasteiger partial charge in [-0.2, -0.15) is 0 Å². The first kappa shape index (κ1) is 15.5. The number of hydrogen-bond acceptors (Lipinski definition) is 2. The number of piperazine rings is 1. The summed E-state index contributed by atoms with van der Waals surface area (Å²) in [6, 6.07) is 11.6. The fourth-order valence-electron chi connectivity index (χ4n) is 3.02. The molecule has 0 aromatic heterocycles. The SMILES string of the molecule is CCC(C)C1CN(CCCCc2ccccc2)CCN1. The smallest absolute Gasteiger partial charge is 0.0221 e. The first-order valence-electron chi connectivity index (χ1n) is 8.29. The van der Waals surface area contributed by atoms with Gasteiger partial charge in [0.2, 0.25) is 0 Å². The highest BCUT2D eigenvalue weighted by Gasteiger charge is 2.22. The molecule has 2 heteroatoms. The zero-order chi connectivity index (χ0) is 14.2. The number of nitrogens with zero attached hydrogens (tertiary/aromatic N) is 1. The van der Waals surface area contributed by atoms with Gasteiger partial charge in [-0.1, -0.05) is 50.6 Å². The molecule has 1 aliphatic heterocycles. The Bertz CT molecular complexity index is 363. The van der Waals surface area contributed by atoms with E-state index >= 15 is 0 Å². The number of unbranched alkanes of at least 4 members (excludes halogenated alkanes) is 1. The van der Waals surface area contributed by atoms with Crippen molar-refractivity contribution in [3.63, 3.8) is 0 Å². The van der Waals surface area contributed by atoms with E-state index in [1.807, 2.05) is 0 Å². The van der Waals surface area contributed by atoms with E-state index in [0.717, 1.165) is 12.5 Å². The van der Waals surface area contributed by atoms with Crippen LogP contribution in [0.25, 0.3) is 0 Å². The van der Waals surface area contributed by atoms with Gasteiger partial charge in [-0.15, -0.1) is 0 Å². The van der Waals surface area contributed by atoms with Gasteiger partial charge in [-0.05, 0) is 37.3 Å². The van der Waals surface area contributed by atoms with Gasteiger partial charge in [0.05, 0.1) is 0 Å². The molecule has 2 nitrogen and oxygen atoms in total. The average molecular weight is 274 g/mol. The zero-order valence-electron chi connectivity index (χ0n) is 13.1. The average Bonchev–Trinajstić information content (AvgIpc) is 2.52. The standard InChI is InChI=1S/C18H30N2/c1-3-16(2)18-15-20(14-12-19-18)13-8-7-11-17-9-5-4-6-10-17/h4-6,9-10,16,18-19H,3,7-8,11-15H2,1-2H3. The highest BCUT2D eigenvalue weighted by atomic mass is 15.2. The second kappa shape index (κ2) is 8.43.